The monoisotopic (exact) mass is 391 g/mol. The zero-order valence-electron chi connectivity index (χ0n) is 17.4. The smallest absolute Gasteiger partial charge is 0.233 e. The van der Waals surface area contributed by atoms with Gasteiger partial charge < -0.3 is 25.4 Å². The molecule has 0 spiro atoms. The third kappa shape index (κ3) is 6.60. The summed E-state index contributed by atoms with van der Waals surface area (Å²) < 4.78 is 11.0. The number of aliphatic imine (C=N–C) groups is 1. The van der Waals surface area contributed by atoms with Gasteiger partial charge in [0.15, 0.2) is 17.5 Å². The number of hydrogen-bond donors (Lipinski definition) is 3. The van der Waals surface area contributed by atoms with Crippen molar-refractivity contribution in [1.29, 1.82) is 0 Å². The van der Waals surface area contributed by atoms with Crippen LogP contribution in [0.15, 0.2) is 23.2 Å². The number of nitrogens with one attached hydrogen (secondary N) is 3. The van der Waals surface area contributed by atoms with Gasteiger partial charge in [-0.25, -0.2) is 0 Å². The average Bonchev–Trinajstić information content (AvgIpc) is 2.72. The van der Waals surface area contributed by atoms with E-state index >= 15 is 0 Å². The molecule has 1 aliphatic rings. The number of methoxy groups -OCH3 is 1. The summed E-state index contributed by atoms with van der Waals surface area (Å²) in [7, 11) is 5.09. The van der Waals surface area contributed by atoms with Crippen LogP contribution in [0.5, 0.6) is 11.5 Å². The summed E-state index contributed by atoms with van der Waals surface area (Å²) in [6, 6.07) is 6.26. The summed E-state index contributed by atoms with van der Waals surface area (Å²) in [4.78, 5) is 18.0. The molecule has 2 rings (SSSR count). The maximum atomic E-state index is 11.5. The van der Waals surface area contributed by atoms with E-state index in [4.69, 9.17) is 9.47 Å². The Hall–Kier alpha value is -2.48. The Morgan fingerprint density at radius 3 is 2.64 bits per heavy atom. The van der Waals surface area contributed by atoms with E-state index in [2.05, 4.69) is 25.8 Å². The van der Waals surface area contributed by atoms with Gasteiger partial charge in [-0.05, 0) is 37.5 Å². The van der Waals surface area contributed by atoms with E-state index in [0.29, 0.717) is 25.7 Å². The molecule has 1 fully saturated rings. The molecule has 1 aromatic carbocycles. The second-order valence-corrected chi connectivity index (χ2v) is 6.71. The molecule has 1 amide bonds. The molecule has 1 aromatic rings. The fraction of sp³-hybridized carbons (Fsp3) is 0.600. The summed E-state index contributed by atoms with van der Waals surface area (Å²) >= 11 is 0. The van der Waals surface area contributed by atoms with Crippen molar-refractivity contribution < 1.29 is 14.3 Å². The SMILES string of the molecule is CCOc1cc(CNC(=NC)NC2CCN(CC(=O)NC)CC2)ccc1OC. The number of benzene rings is 1. The molecule has 0 bridgehead atoms. The lowest BCUT2D eigenvalue weighted by molar-refractivity contribution is -0.122. The summed E-state index contributed by atoms with van der Waals surface area (Å²) in [5.74, 6) is 2.32. The van der Waals surface area contributed by atoms with Gasteiger partial charge in [0.25, 0.3) is 0 Å². The van der Waals surface area contributed by atoms with Gasteiger partial charge in [-0.15, -0.1) is 0 Å². The third-order valence-corrected chi connectivity index (χ3v) is 4.79. The Morgan fingerprint density at radius 1 is 1.29 bits per heavy atom. The summed E-state index contributed by atoms with van der Waals surface area (Å²) in [5, 5.41) is 9.51. The molecule has 8 nitrogen and oxygen atoms in total. The van der Waals surface area contributed by atoms with Crippen molar-refractivity contribution >= 4 is 11.9 Å². The number of nitrogens with zero attached hydrogens (tertiary/aromatic N) is 2. The first-order chi connectivity index (χ1) is 13.6. The number of hydrogen-bond acceptors (Lipinski definition) is 5. The van der Waals surface area contributed by atoms with Crippen LogP contribution in [0.3, 0.4) is 0 Å². The number of guanidine groups is 1. The highest BCUT2D eigenvalue weighted by Gasteiger charge is 2.21. The van der Waals surface area contributed by atoms with Crippen LogP contribution in [0.4, 0.5) is 0 Å². The Morgan fingerprint density at radius 2 is 2.04 bits per heavy atom. The highest BCUT2D eigenvalue weighted by Crippen LogP contribution is 2.27. The maximum Gasteiger partial charge on any atom is 0.233 e. The Bertz CT molecular complexity index is 657. The van der Waals surface area contributed by atoms with Crippen LogP contribution in [0.2, 0.25) is 0 Å². The summed E-state index contributed by atoms with van der Waals surface area (Å²) in [5.41, 5.74) is 1.09. The van der Waals surface area contributed by atoms with Gasteiger partial charge in [-0.2, -0.15) is 0 Å². The molecule has 3 N–H and O–H groups in total. The van der Waals surface area contributed by atoms with Gasteiger partial charge in [-0.3, -0.25) is 14.7 Å². The lowest BCUT2D eigenvalue weighted by Gasteiger charge is -2.32. The van der Waals surface area contributed by atoms with E-state index in [-0.39, 0.29) is 5.91 Å². The minimum Gasteiger partial charge on any atom is -0.493 e. The van der Waals surface area contributed by atoms with E-state index in [1.165, 1.54) is 0 Å². The van der Waals surface area contributed by atoms with Crippen molar-refractivity contribution in [2.24, 2.45) is 4.99 Å². The van der Waals surface area contributed by atoms with Crippen molar-refractivity contribution in [1.82, 2.24) is 20.9 Å². The molecule has 1 heterocycles. The van der Waals surface area contributed by atoms with Crippen molar-refractivity contribution in [3.63, 3.8) is 0 Å². The topological polar surface area (TPSA) is 87.2 Å². The van der Waals surface area contributed by atoms with Crippen molar-refractivity contribution in [2.75, 3.05) is 47.4 Å². The number of likely N-dealkylation sites (tertiary alicyclic amines) is 1. The molecule has 0 unspecified atom stereocenters. The van der Waals surface area contributed by atoms with E-state index in [9.17, 15) is 4.79 Å². The molecule has 0 aromatic heterocycles. The molecule has 28 heavy (non-hydrogen) atoms. The number of amides is 1. The Labute approximate surface area is 167 Å². The van der Waals surface area contributed by atoms with E-state index in [1.54, 1.807) is 21.2 Å². The quantitative estimate of drug-likeness (QED) is 0.452. The molecule has 0 aliphatic carbocycles. The molecule has 156 valence electrons. The molecule has 0 atom stereocenters. The second-order valence-electron chi connectivity index (χ2n) is 6.71. The molecule has 1 aliphatic heterocycles. The normalized spacial score (nSPS) is 15.8. The van der Waals surface area contributed by atoms with Crippen molar-refractivity contribution in [3.8, 4) is 11.5 Å². The fourth-order valence-electron chi connectivity index (χ4n) is 3.19. The molecular formula is C20H33N5O3. The predicted octanol–water partition coefficient (Wildman–Crippen LogP) is 0.969. The highest BCUT2D eigenvalue weighted by atomic mass is 16.5. The predicted molar refractivity (Wildman–Crippen MR) is 111 cm³/mol. The number of piperidine rings is 1. The van der Waals surface area contributed by atoms with Crippen LogP contribution in [-0.4, -0.2) is 70.3 Å². The van der Waals surface area contributed by atoms with Crippen LogP contribution in [0.25, 0.3) is 0 Å². The van der Waals surface area contributed by atoms with Gasteiger partial charge in [-0.1, -0.05) is 6.07 Å². The fourth-order valence-corrected chi connectivity index (χ4v) is 3.19. The largest absolute Gasteiger partial charge is 0.493 e. The first-order valence-corrected chi connectivity index (χ1v) is 9.79. The van der Waals surface area contributed by atoms with E-state index < -0.39 is 0 Å². The van der Waals surface area contributed by atoms with E-state index in [0.717, 1.165) is 49.0 Å². The first kappa shape index (κ1) is 21.8. The van der Waals surface area contributed by atoms with Crippen molar-refractivity contribution in [3.05, 3.63) is 23.8 Å². The lowest BCUT2D eigenvalue weighted by atomic mass is 10.1. The highest BCUT2D eigenvalue weighted by molar-refractivity contribution is 5.80. The molecule has 8 heteroatoms. The molecule has 1 saturated heterocycles. The average molecular weight is 392 g/mol. The molecule has 0 radical (unpaired) electrons. The number of carbonyl (C=O) groups is 1. The number of carbonyl (C=O) groups excluding carboxylic acids is 1. The maximum absolute atomic E-state index is 11.5. The van der Waals surface area contributed by atoms with Gasteiger partial charge >= 0.3 is 0 Å². The van der Waals surface area contributed by atoms with Gasteiger partial charge in [0.2, 0.25) is 5.91 Å². The van der Waals surface area contributed by atoms with Gasteiger partial charge in [0.05, 0.1) is 20.3 Å². The van der Waals surface area contributed by atoms with Crippen molar-refractivity contribution in [2.45, 2.75) is 32.4 Å². The van der Waals surface area contributed by atoms with Crippen LogP contribution >= 0.6 is 0 Å². The lowest BCUT2D eigenvalue weighted by Crippen LogP contribution is -2.49. The van der Waals surface area contributed by atoms with Gasteiger partial charge in [0.1, 0.15) is 0 Å². The number of likely N-dealkylation sites (N-methyl/N-ethyl adjacent to an activating group) is 1. The Kier molecular flexibility index (Phi) is 8.87. The zero-order valence-corrected chi connectivity index (χ0v) is 17.4. The first-order valence-electron chi connectivity index (χ1n) is 9.79. The minimum absolute atomic E-state index is 0.0646. The van der Waals surface area contributed by atoms with E-state index in [1.807, 2.05) is 25.1 Å². The molecular weight excluding hydrogens is 358 g/mol. The number of rotatable bonds is 8. The Balaban J connectivity index is 1.82. The van der Waals surface area contributed by atoms with Crippen LogP contribution < -0.4 is 25.4 Å². The second kappa shape index (κ2) is 11.4. The standard InChI is InChI=1S/C20H33N5O3/c1-5-28-18-12-15(6-7-17(18)27-4)13-23-20(22-3)24-16-8-10-25(11-9-16)14-19(26)21-2/h6-7,12,16H,5,8-11,13-14H2,1-4H3,(H,21,26)(H2,22,23,24). The number of ether oxygens (including phenoxy) is 2. The third-order valence-electron chi connectivity index (χ3n) is 4.79. The van der Waals surface area contributed by atoms with Gasteiger partial charge in [0, 0.05) is 39.8 Å². The van der Waals surface area contributed by atoms with Crippen LogP contribution in [-0.2, 0) is 11.3 Å². The zero-order chi connectivity index (χ0) is 20.4. The molecule has 0 saturated carbocycles. The van der Waals surface area contributed by atoms with Crippen LogP contribution in [0.1, 0.15) is 25.3 Å². The van der Waals surface area contributed by atoms with Crippen LogP contribution in [0, 0.1) is 0 Å². The summed E-state index contributed by atoms with van der Waals surface area (Å²) in [6.45, 7) is 5.46. The minimum atomic E-state index is 0.0646. The summed E-state index contributed by atoms with van der Waals surface area (Å²) in [6.07, 6.45) is 1.96.